The molecule has 0 bridgehead atoms. The van der Waals surface area contributed by atoms with E-state index < -0.39 is 0 Å². The summed E-state index contributed by atoms with van der Waals surface area (Å²) < 4.78 is 2.02. The number of rotatable bonds is 6. The Morgan fingerprint density at radius 3 is 2.85 bits per heavy atom. The molecule has 2 aromatic heterocycles. The van der Waals surface area contributed by atoms with Gasteiger partial charge in [-0.3, -0.25) is 4.68 Å². The first kappa shape index (κ1) is 13.1. The predicted molar refractivity (Wildman–Crippen MR) is 79.7 cm³/mol. The second-order valence-corrected chi connectivity index (χ2v) is 5.24. The lowest BCUT2D eigenvalue weighted by Gasteiger charge is -2.10. The van der Waals surface area contributed by atoms with E-state index in [9.17, 15) is 0 Å². The minimum Gasteiger partial charge on any atom is -0.370 e. The van der Waals surface area contributed by atoms with Crippen LogP contribution in [0.5, 0.6) is 0 Å². The van der Waals surface area contributed by atoms with E-state index in [1.807, 2.05) is 23.0 Å². The molecular formula is C15H21N5. The summed E-state index contributed by atoms with van der Waals surface area (Å²) in [5.41, 5.74) is 2.05. The highest BCUT2D eigenvalue weighted by atomic mass is 15.3. The average molecular weight is 271 g/mol. The zero-order valence-corrected chi connectivity index (χ0v) is 12.1. The van der Waals surface area contributed by atoms with Gasteiger partial charge in [-0.05, 0) is 32.3 Å². The second kappa shape index (κ2) is 5.61. The van der Waals surface area contributed by atoms with Gasteiger partial charge in [-0.1, -0.05) is 6.92 Å². The fraction of sp³-hybridized carbons (Fsp3) is 0.533. The number of hydrogen-bond acceptors (Lipinski definition) is 4. The van der Waals surface area contributed by atoms with Crippen molar-refractivity contribution in [3.8, 4) is 11.4 Å². The lowest BCUT2D eigenvalue weighted by molar-refractivity contribution is 0.607. The van der Waals surface area contributed by atoms with Crippen LogP contribution in [0.4, 0.5) is 5.82 Å². The number of nitrogens with zero attached hydrogens (tertiary/aromatic N) is 4. The minimum absolute atomic E-state index is 0.551. The van der Waals surface area contributed by atoms with Gasteiger partial charge in [0.1, 0.15) is 11.6 Å². The molecule has 0 amide bonds. The molecule has 0 aliphatic heterocycles. The van der Waals surface area contributed by atoms with Gasteiger partial charge in [0, 0.05) is 31.3 Å². The third-order valence-electron chi connectivity index (χ3n) is 3.46. The summed E-state index contributed by atoms with van der Waals surface area (Å²) in [5, 5.41) is 7.69. The van der Waals surface area contributed by atoms with Crippen LogP contribution >= 0.6 is 0 Å². The fourth-order valence-corrected chi connectivity index (χ4v) is 2.33. The van der Waals surface area contributed by atoms with E-state index in [0.717, 1.165) is 42.5 Å². The minimum atomic E-state index is 0.551. The summed E-state index contributed by atoms with van der Waals surface area (Å²) in [6.07, 6.45) is 5.33. The fourth-order valence-electron chi connectivity index (χ4n) is 2.33. The summed E-state index contributed by atoms with van der Waals surface area (Å²) in [6, 6.07) is 4.06. The molecule has 1 N–H and O–H groups in total. The van der Waals surface area contributed by atoms with Crippen LogP contribution in [0.25, 0.3) is 11.4 Å². The first-order chi connectivity index (χ1) is 9.81. The predicted octanol–water partition coefficient (Wildman–Crippen LogP) is 3.06. The van der Waals surface area contributed by atoms with E-state index in [0.29, 0.717) is 5.92 Å². The molecule has 5 nitrogen and oxygen atoms in total. The molecular weight excluding hydrogens is 250 g/mol. The maximum absolute atomic E-state index is 4.75. The number of hydrogen-bond donors (Lipinski definition) is 1. The lowest BCUT2D eigenvalue weighted by Crippen LogP contribution is -2.07. The van der Waals surface area contributed by atoms with E-state index in [4.69, 9.17) is 4.98 Å². The van der Waals surface area contributed by atoms with Gasteiger partial charge >= 0.3 is 0 Å². The summed E-state index contributed by atoms with van der Waals surface area (Å²) in [7, 11) is 0. The van der Waals surface area contributed by atoms with Crippen LogP contribution in [0.2, 0.25) is 0 Å². The summed E-state index contributed by atoms with van der Waals surface area (Å²) in [4.78, 5) is 9.37. The summed E-state index contributed by atoms with van der Waals surface area (Å²) in [5.74, 6) is 2.45. The van der Waals surface area contributed by atoms with Crippen molar-refractivity contribution < 1.29 is 0 Å². The topological polar surface area (TPSA) is 55.6 Å². The van der Waals surface area contributed by atoms with Crippen LogP contribution in [0.15, 0.2) is 18.3 Å². The van der Waals surface area contributed by atoms with Crippen molar-refractivity contribution >= 4 is 5.82 Å². The van der Waals surface area contributed by atoms with Gasteiger partial charge in [0.05, 0.1) is 11.4 Å². The Hall–Kier alpha value is -1.91. The van der Waals surface area contributed by atoms with Crippen molar-refractivity contribution in [3.63, 3.8) is 0 Å². The molecule has 1 fully saturated rings. The van der Waals surface area contributed by atoms with Crippen LogP contribution in [0, 0.1) is 0 Å². The molecule has 0 saturated heterocycles. The van der Waals surface area contributed by atoms with Gasteiger partial charge in [-0.2, -0.15) is 5.10 Å². The van der Waals surface area contributed by atoms with Crippen LogP contribution in [0.3, 0.4) is 0 Å². The zero-order chi connectivity index (χ0) is 13.9. The van der Waals surface area contributed by atoms with Gasteiger partial charge < -0.3 is 5.32 Å². The molecule has 0 atom stereocenters. The van der Waals surface area contributed by atoms with Crippen molar-refractivity contribution in [1.82, 2.24) is 19.7 Å². The molecule has 0 unspecified atom stereocenters. The molecule has 0 aromatic carbocycles. The third kappa shape index (κ3) is 2.66. The van der Waals surface area contributed by atoms with Crippen LogP contribution in [-0.2, 0) is 6.54 Å². The summed E-state index contributed by atoms with van der Waals surface area (Å²) in [6.45, 7) is 6.03. The Morgan fingerprint density at radius 1 is 1.30 bits per heavy atom. The first-order valence-corrected chi connectivity index (χ1v) is 7.46. The van der Waals surface area contributed by atoms with Gasteiger partial charge in [0.2, 0.25) is 0 Å². The molecule has 5 heteroatoms. The highest BCUT2D eigenvalue weighted by molar-refractivity contribution is 5.59. The highest BCUT2D eigenvalue weighted by Gasteiger charge is 2.27. The van der Waals surface area contributed by atoms with Crippen molar-refractivity contribution in [2.24, 2.45) is 0 Å². The molecule has 1 aliphatic carbocycles. The molecule has 2 aromatic rings. The van der Waals surface area contributed by atoms with E-state index in [-0.39, 0.29) is 0 Å². The molecule has 0 spiro atoms. The Kier molecular flexibility index (Phi) is 3.67. The normalized spacial score (nSPS) is 14.5. The van der Waals surface area contributed by atoms with Gasteiger partial charge in [-0.25, -0.2) is 9.97 Å². The highest BCUT2D eigenvalue weighted by Crippen LogP contribution is 2.39. The second-order valence-electron chi connectivity index (χ2n) is 5.24. The van der Waals surface area contributed by atoms with E-state index in [1.165, 1.54) is 12.8 Å². The number of anilines is 1. The van der Waals surface area contributed by atoms with Crippen molar-refractivity contribution in [2.45, 2.75) is 45.6 Å². The van der Waals surface area contributed by atoms with E-state index >= 15 is 0 Å². The Balaban J connectivity index is 2.00. The standard InChI is InChI=1S/C15H21N5/c1-3-9-20-13(7-8-17-20)12-10-14(16-4-2)19-15(18-12)11-5-6-11/h7-8,10-11H,3-6,9H2,1-2H3,(H,16,18,19). The molecule has 0 radical (unpaired) electrons. The average Bonchev–Trinajstić information content (AvgIpc) is 3.20. The van der Waals surface area contributed by atoms with Crippen molar-refractivity contribution in [2.75, 3.05) is 11.9 Å². The largest absolute Gasteiger partial charge is 0.370 e. The van der Waals surface area contributed by atoms with Crippen LogP contribution < -0.4 is 5.32 Å². The molecule has 3 rings (SSSR count). The third-order valence-corrected chi connectivity index (χ3v) is 3.46. The zero-order valence-electron chi connectivity index (χ0n) is 12.1. The van der Waals surface area contributed by atoms with Crippen LogP contribution in [0.1, 0.15) is 44.9 Å². The van der Waals surface area contributed by atoms with E-state index in [1.54, 1.807) is 0 Å². The van der Waals surface area contributed by atoms with E-state index in [2.05, 4.69) is 29.2 Å². The smallest absolute Gasteiger partial charge is 0.134 e. The number of aromatic nitrogens is 4. The van der Waals surface area contributed by atoms with Gasteiger partial charge in [0.25, 0.3) is 0 Å². The van der Waals surface area contributed by atoms with Crippen molar-refractivity contribution in [1.29, 1.82) is 0 Å². The first-order valence-electron chi connectivity index (χ1n) is 7.46. The monoisotopic (exact) mass is 271 g/mol. The molecule has 20 heavy (non-hydrogen) atoms. The maximum atomic E-state index is 4.75. The summed E-state index contributed by atoms with van der Waals surface area (Å²) >= 11 is 0. The molecule has 1 saturated carbocycles. The number of nitrogens with one attached hydrogen (secondary N) is 1. The Labute approximate surface area is 119 Å². The Bertz CT molecular complexity index is 586. The lowest BCUT2D eigenvalue weighted by atomic mass is 10.2. The molecule has 2 heterocycles. The van der Waals surface area contributed by atoms with Gasteiger partial charge in [-0.15, -0.1) is 0 Å². The quantitative estimate of drug-likeness (QED) is 0.877. The van der Waals surface area contributed by atoms with Crippen LogP contribution in [-0.4, -0.2) is 26.3 Å². The van der Waals surface area contributed by atoms with Gasteiger partial charge in [0.15, 0.2) is 0 Å². The Morgan fingerprint density at radius 2 is 2.15 bits per heavy atom. The molecule has 1 aliphatic rings. The molecule has 106 valence electrons. The SMILES string of the molecule is CCCn1nccc1-c1cc(NCC)nc(C2CC2)n1. The maximum Gasteiger partial charge on any atom is 0.134 e. The van der Waals surface area contributed by atoms with Crippen molar-refractivity contribution in [3.05, 3.63) is 24.2 Å². The number of aryl methyl sites for hydroxylation is 1.